The van der Waals surface area contributed by atoms with Gasteiger partial charge in [0.25, 0.3) is 0 Å². The number of aliphatic carboxylic acids is 1. The standard InChI is InChI=1S/C25H32F2N2O3/c1-13(2)7-21(28-6)25(32)29-20(12-22(30)31)19-11-17(8-16(5)24(19)27)23-14(3)9-18(26)10-15(23)4/h8-11,13,20-21,28H,7,12H2,1-6H3,(H,29,32)(H,30,31)/t20-,21?/m0/s1. The number of carboxylic acid groups (broad SMARTS) is 1. The smallest absolute Gasteiger partial charge is 0.305 e. The highest BCUT2D eigenvalue weighted by Gasteiger charge is 2.27. The molecule has 0 heterocycles. The van der Waals surface area contributed by atoms with Crippen LogP contribution in [0.5, 0.6) is 0 Å². The number of halogens is 2. The van der Waals surface area contributed by atoms with Crippen LogP contribution in [0.3, 0.4) is 0 Å². The molecule has 174 valence electrons. The molecule has 2 rings (SSSR count). The van der Waals surface area contributed by atoms with E-state index < -0.39 is 30.3 Å². The van der Waals surface area contributed by atoms with E-state index in [4.69, 9.17) is 0 Å². The molecule has 2 aromatic carbocycles. The van der Waals surface area contributed by atoms with Gasteiger partial charge in [-0.1, -0.05) is 13.8 Å². The van der Waals surface area contributed by atoms with Crippen LogP contribution in [-0.4, -0.2) is 30.1 Å². The van der Waals surface area contributed by atoms with Crippen molar-refractivity contribution in [3.63, 3.8) is 0 Å². The summed E-state index contributed by atoms with van der Waals surface area (Å²) in [4.78, 5) is 24.4. The van der Waals surface area contributed by atoms with E-state index in [-0.39, 0.29) is 23.2 Å². The monoisotopic (exact) mass is 446 g/mol. The van der Waals surface area contributed by atoms with Gasteiger partial charge in [-0.05, 0) is 92.2 Å². The molecule has 0 aliphatic rings. The van der Waals surface area contributed by atoms with E-state index in [9.17, 15) is 19.1 Å². The van der Waals surface area contributed by atoms with Gasteiger partial charge in [0.1, 0.15) is 11.6 Å². The molecule has 3 N–H and O–H groups in total. The van der Waals surface area contributed by atoms with E-state index in [0.29, 0.717) is 28.7 Å². The lowest BCUT2D eigenvalue weighted by Gasteiger charge is -2.24. The van der Waals surface area contributed by atoms with Crippen LogP contribution in [-0.2, 0) is 9.59 Å². The Balaban J connectivity index is 2.55. The van der Waals surface area contributed by atoms with E-state index in [2.05, 4.69) is 10.6 Å². The fraction of sp³-hybridized carbons (Fsp3) is 0.440. The van der Waals surface area contributed by atoms with Crippen molar-refractivity contribution in [2.45, 2.75) is 59.5 Å². The highest BCUT2D eigenvalue weighted by Crippen LogP contribution is 2.33. The molecule has 0 saturated heterocycles. The number of likely N-dealkylation sites (N-methyl/N-ethyl adjacent to an activating group) is 1. The second kappa shape index (κ2) is 10.7. The first-order valence-corrected chi connectivity index (χ1v) is 10.7. The summed E-state index contributed by atoms with van der Waals surface area (Å²) in [5, 5.41) is 15.1. The van der Waals surface area contributed by atoms with Crippen molar-refractivity contribution >= 4 is 11.9 Å². The molecule has 2 aromatic rings. The minimum Gasteiger partial charge on any atom is -0.481 e. The zero-order valence-corrected chi connectivity index (χ0v) is 19.5. The summed E-state index contributed by atoms with van der Waals surface area (Å²) >= 11 is 0. The van der Waals surface area contributed by atoms with Crippen molar-refractivity contribution in [1.82, 2.24) is 10.6 Å². The summed E-state index contributed by atoms with van der Waals surface area (Å²) in [6, 6.07) is 4.44. The molecule has 2 atom stereocenters. The van der Waals surface area contributed by atoms with E-state index in [1.807, 2.05) is 13.8 Å². The van der Waals surface area contributed by atoms with Gasteiger partial charge in [-0.15, -0.1) is 0 Å². The van der Waals surface area contributed by atoms with Gasteiger partial charge in [0.2, 0.25) is 5.91 Å². The third-order valence-electron chi connectivity index (χ3n) is 5.51. The normalized spacial score (nSPS) is 13.2. The van der Waals surface area contributed by atoms with E-state index in [1.54, 1.807) is 40.0 Å². The minimum atomic E-state index is -1.16. The van der Waals surface area contributed by atoms with Crippen LogP contribution in [0, 0.1) is 38.3 Å². The molecule has 0 aliphatic carbocycles. The third kappa shape index (κ3) is 6.13. The lowest BCUT2D eigenvalue weighted by atomic mass is 9.90. The van der Waals surface area contributed by atoms with Crippen LogP contribution >= 0.6 is 0 Å². The van der Waals surface area contributed by atoms with Crippen molar-refractivity contribution < 1.29 is 23.5 Å². The first kappa shape index (κ1) is 25.5. The number of rotatable bonds is 9. The Morgan fingerprint density at radius 2 is 1.59 bits per heavy atom. The summed E-state index contributed by atoms with van der Waals surface area (Å²) in [6.45, 7) is 9.08. The predicted molar refractivity (Wildman–Crippen MR) is 121 cm³/mol. The summed E-state index contributed by atoms with van der Waals surface area (Å²) in [6.07, 6.45) is 0.0860. The van der Waals surface area contributed by atoms with E-state index in [0.717, 1.165) is 5.56 Å². The zero-order chi connectivity index (χ0) is 24.2. The quantitative estimate of drug-likeness (QED) is 0.516. The molecule has 7 heteroatoms. The second-order valence-corrected chi connectivity index (χ2v) is 8.74. The Bertz CT molecular complexity index is 982. The lowest BCUT2D eigenvalue weighted by molar-refractivity contribution is -0.137. The molecule has 0 saturated carbocycles. The van der Waals surface area contributed by atoms with Crippen LogP contribution in [0.2, 0.25) is 0 Å². The maximum absolute atomic E-state index is 15.2. The number of nitrogens with one attached hydrogen (secondary N) is 2. The first-order chi connectivity index (χ1) is 14.9. The molecule has 0 bridgehead atoms. The van der Waals surface area contributed by atoms with Crippen molar-refractivity contribution in [2.75, 3.05) is 7.05 Å². The number of carbonyl (C=O) groups is 2. The summed E-state index contributed by atoms with van der Waals surface area (Å²) in [7, 11) is 1.66. The van der Waals surface area contributed by atoms with Crippen LogP contribution in [0.15, 0.2) is 24.3 Å². The predicted octanol–water partition coefficient (Wildman–Crippen LogP) is 4.82. The van der Waals surface area contributed by atoms with E-state index in [1.165, 1.54) is 12.1 Å². The average Bonchev–Trinajstić information content (AvgIpc) is 2.66. The van der Waals surface area contributed by atoms with Crippen LogP contribution in [0.25, 0.3) is 11.1 Å². The maximum Gasteiger partial charge on any atom is 0.305 e. The van der Waals surface area contributed by atoms with Gasteiger partial charge in [0.05, 0.1) is 18.5 Å². The Morgan fingerprint density at radius 1 is 1.00 bits per heavy atom. The fourth-order valence-corrected chi connectivity index (χ4v) is 4.07. The third-order valence-corrected chi connectivity index (χ3v) is 5.51. The molecule has 32 heavy (non-hydrogen) atoms. The van der Waals surface area contributed by atoms with Gasteiger partial charge in [0, 0.05) is 5.56 Å². The molecule has 1 unspecified atom stereocenters. The van der Waals surface area contributed by atoms with Gasteiger partial charge in [-0.25, -0.2) is 8.78 Å². The van der Waals surface area contributed by atoms with Crippen molar-refractivity contribution in [1.29, 1.82) is 0 Å². The minimum absolute atomic E-state index is 0.0956. The molecular formula is C25H32F2N2O3. The second-order valence-electron chi connectivity index (χ2n) is 8.74. The van der Waals surface area contributed by atoms with Crippen molar-refractivity contribution in [3.05, 3.63) is 58.2 Å². The maximum atomic E-state index is 15.2. The number of amides is 1. The molecule has 0 fully saturated rings. The fourth-order valence-electron chi connectivity index (χ4n) is 4.07. The Labute approximate surface area is 188 Å². The Kier molecular flexibility index (Phi) is 8.50. The lowest BCUT2D eigenvalue weighted by Crippen LogP contribution is -2.45. The number of hydrogen-bond donors (Lipinski definition) is 3. The molecule has 1 amide bonds. The average molecular weight is 447 g/mol. The SMILES string of the molecule is CNC(CC(C)C)C(=O)N[C@@H](CC(=O)O)c1cc(-c2c(C)cc(F)cc2C)cc(C)c1F. The molecule has 5 nitrogen and oxygen atoms in total. The molecule has 0 radical (unpaired) electrons. The van der Waals surface area contributed by atoms with Crippen LogP contribution in [0.1, 0.15) is 55.0 Å². The topological polar surface area (TPSA) is 78.4 Å². The largest absolute Gasteiger partial charge is 0.481 e. The number of benzene rings is 2. The highest BCUT2D eigenvalue weighted by atomic mass is 19.1. The summed E-state index contributed by atoms with van der Waals surface area (Å²) in [5.41, 5.74) is 3.18. The van der Waals surface area contributed by atoms with Crippen LogP contribution in [0.4, 0.5) is 8.78 Å². The summed E-state index contributed by atoms with van der Waals surface area (Å²) < 4.78 is 29.0. The van der Waals surface area contributed by atoms with Gasteiger partial charge in [0.15, 0.2) is 0 Å². The highest BCUT2D eigenvalue weighted by molar-refractivity contribution is 5.83. The zero-order valence-electron chi connectivity index (χ0n) is 19.5. The van der Waals surface area contributed by atoms with Gasteiger partial charge in [-0.3, -0.25) is 9.59 Å². The van der Waals surface area contributed by atoms with Crippen molar-refractivity contribution in [2.24, 2.45) is 5.92 Å². The van der Waals surface area contributed by atoms with Gasteiger partial charge >= 0.3 is 5.97 Å². The Hall–Kier alpha value is -2.80. The van der Waals surface area contributed by atoms with Crippen LogP contribution < -0.4 is 10.6 Å². The molecular weight excluding hydrogens is 414 g/mol. The first-order valence-electron chi connectivity index (χ1n) is 10.7. The molecule has 0 aliphatic heterocycles. The Morgan fingerprint density at radius 3 is 2.09 bits per heavy atom. The summed E-state index contributed by atoms with van der Waals surface area (Å²) in [5.74, 6) is -2.23. The molecule has 0 spiro atoms. The van der Waals surface area contributed by atoms with Gasteiger partial charge in [-0.2, -0.15) is 0 Å². The van der Waals surface area contributed by atoms with E-state index >= 15 is 4.39 Å². The number of aryl methyl sites for hydroxylation is 3. The van der Waals surface area contributed by atoms with Gasteiger partial charge < -0.3 is 15.7 Å². The number of carboxylic acids is 1. The van der Waals surface area contributed by atoms with Crippen molar-refractivity contribution in [3.8, 4) is 11.1 Å². The number of carbonyl (C=O) groups excluding carboxylic acids is 1. The number of hydrogen-bond acceptors (Lipinski definition) is 3. The molecule has 0 aromatic heterocycles.